The van der Waals surface area contributed by atoms with Crippen LogP contribution in [0.2, 0.25) is 0 Å². The average molecular weight is 305 g/mol. The molecule has 3 heteroatoms. The Morgan fingerprint density at radius 3 is 2.55 bits per heavy atom. The highest BCUT2D eigenvalue weighted by Gasteiger charge is 2.24. The van der Waals surface area contributed by atoms with Gasteiger partial charge >= 0.3 is 0 Å². The molecule has 1 heterocycles. The molecule has 3 aromatic rings. The minimum absolute atomic E-state index is 0.182. The van der Waals surface area contributed by atoms with Gasteiger partial charge in [0.25, 0.3) is 0 Å². The molecule has 4 rings (SSSR count). The number of fused-ring (bicyclic) bond motifs is 2. The van der Waals surface area contributed by atoms with Gasteiger partial charge in [-0.15, -0.1) is 0 Å². The molecule has 0 atom stereocenters. The number of ketones is 1. The van der Waals surface area contributed by atoms with Crippen LogP contribution in [0.25, 0.3) is 10.9 Å². The number of hydrogen-bond acceptors (Lipinski definition) is 3. The van der Waals surface area contributed by atoms with Gasteiger partial charge in [-0.1, -0.05) is 48.2 Å². The molecule has 0 fully saturated rings. The number of carbonyl (C=O) groups is 1. The van der Waals surface area contributed by atoms with Gasteiger partial charge in [0.1, 0.15) is 5.69 Å². The van der Waals surface area contributed by atoms with E-state index >= 15 is 0 Å². The third-order valence-electron chi connectivity index (χ3n) is 4.00. The SMILES string of the molecule is O=C1CCCc2c1nc1ccccc1c2Sc1ccccc1. The molecule has 22 heavy (non-hydrogen) atoms. The molecule has 0 saturated heterocycles. The lowest BCUT2D eigenvalue weighted by molar-refractivity contribution is 0.0967. The van der Waals surface area contributed by atoms with E-state index in [1.807, 2.05) is 36.4 Å². The standard InChI is InChI=1S/C19H15NOS/c21-17-12-6-10-15-18(17)20-16-11-5-4-9-14(16)19(15)22-13-7-2-1-3-8-13/h1-5,7-9,11H,6,10,12H2. The fourth-order valence-corrected chi connectivity index (χ4v) is 4.08. The van der Waals surface area contributed by atoms with Crippen molar-refractivity contribution < 1.29 is 4.79 Å². The minimum atomic E-state index is 0.182. The van der Waals surface area contributed by atoms with E-state index in [2.05, 4.69) is 23.2 Å². The number of Topliss-reactive ketones (excluding diaryl/α,β-unsaturated/α-hetero) is 1. The molecule has 2 nitrogen and oxygen atoms in total. The second-order valence-corrected chi connectivity index (χ2v) is 6.56. The number of pyridine rings is 1. The van der Waals surface area contributed by atoms with Gasteiger partial charge in [0.05, 0.1) is 5.52 Å². The second-order valence-electron chi connectivity index (χ2n) is 5.48. The van der Waals surface area contributed by atoms with E-state index in [0.29, 0.717) is 12.1 Å². The monoisotopic (exact) mass is 305 g/mol. The number of aromatic nitrogens is 1. The van der Waals surface area contributed by atoms with Crippen LogP contribution < -0.4 is 0 Å². The van der Waals surface area contributed by atoms with Gasteiger partial charge in [-0.25, -0.2) is 4.98 Å². The van der Waals surface area contributed by atoms with Crippen LogP contribution in [-0.4, -0.2) is 10.8 Å². The number of para-hydroxylation sites is 1. The summed E-state index contributed by atoms with van der Waals surface area (Å²) in [7, 11) is 0. The van der Waals surface area contributed by atoms with Gasteiger partial charge in [-0.2, -0.15) is 0 Å². The fourth-order valence-electron chi connectivity index (χ4n) is 2.95. The van der Waals surface area contributed by atoms with Gasteiger partial charge in [-0.3, -0.25) is 4.79 Å². The van der Waals surface area contributed by atoms with Crippen LogP contribution in [0.3, 0.4) is 0 Å². The summed E-state index contributed by atoms with van der Waals surface area (Å²) in [6.07, 6.45) is 2.48. The molecule has 0 unspecified atom stereocenters. The van der Waals surface area contributed by atoms with E-state index < -0.39 is 0 Å². The number of nitrogens with zero attached hydrogens (tertiary/aromatic N) is 1. The van der Waals surface area contributed by atoms with Crippen LogP contribution in [0.1, 0.15) is 28.9 Å². The van der Waals surface area contributed by atoms with Crippen molar-refractivity contribution in [1.29, 1.82) is 0 Å². The Morgan fingerprint density at radius 1 is 0.909 bits per heavy atom. The van der Waals surface area contributed by atoms with E-state index in [1.54, 1.807) is 11.8 Å². The van der Waals surface area contributed by atoms with E-state index in [0.717, 1.165) is 29.3 Å². The van der Waals surface area contributed by atoms with Crippen LogP contribution in [0, 0.1) is 0 Å². The zero-order valence-electron chi connectivity index (χ0n) is 12.1. The van der Waals surface area contributed by atoms with Crippen molar-refractivity contribution in [1.82, 2.24) is 4.98 Å². The Hall–Kier alpha value is -2.13. The van der Waals surface area contributed by atoms with Crippen molar-refractivity contribution in [2.45, 2.75) is 29.1 Å². The van der Waals surface area contributed by atoms with Crippen LogP contribution in [0.5, 0.6) is 0 Å². The number of rotatable bonds is 2. The maximum Gasteiger partial charge on any atom is 0.181 e. The van der Waals surface area contributed by atoms with Crippen molar-refractivity contribution in [3.8, 4) is 0 Å². The molecule has 1 aliphatic rings. The van der Waals surface area contributed by atoms with E-state index in [-0.39, 0.29) is 5.78 Å². The number of hydrogen-bond donors (Lipinski definition) is 0. The minimum Gasteiger partial charge on any atom is -0.292 e. The van der Waals surface area contributed by atoms with Gasteiger partial charge in [0, 0.05) is 21.6 Å². The topological polar surface area (TPSA) is 30.0 Å². The molecule has 2 aromatic carbocycles. The molecule has 0 bridgehead atoms. The first-order valence-electron chi connectivity index (χ1n) is 7.50. The van der Waals surface area contributed by atoms with Crippen LogP contribution >= 0.6 is 11.8 Å². The van der Waals surface area contributed by atoms with Crippen molar-refractivity contribution in [3.63, 3.8) is 0 Å². The summed E-state index contributed by atoms with van der Waals surface area (Å²) in [6, 6.07) is 18.4. The first-order valence-corrected chi connectivity index (χ1v) is 8.32. The highest BCUT2D eigenvalue weighted by atomic mass is 32.2. The predicted molar refractivity (Wildman–Crippen MR) is 89.6 cm³/mol. The van der Waals surface area contributed by atoms with Gasteiger partial charge in [0.15, 0.2) is 5.78 Å². The summed E-state index contributed by atoms with van der Waals surface area (Å²) in [5, 5.41) is 1.14. The normalized spacial score (nSPS) is 14.1. The summed E-state index contributed by atoms with van der Waals surface area (Å²) in [4.78, 5) is 19.3. The van der Waals surface area contributed by atoms with Gasteiger partial charge < -0.3 is 0 Å². The van der Waals surface area contributed by atoms with Crippen molar-refractivity contribution in [2.75, 3.05) is 0 Å². The van der Waals surface area contributed by atoms with Crippen LogP contribution in [0.15, 0.2) is 64.4 Å². The summed E-state index contributed by atoms with van der Waals surface area (Å²) >= 11 is 1.74. The Bertz CT molecular complexity index is 858. The van der Waals surface area contributed by atoms with Gasteiger partial charge in [-0.05, 0) is 36.6 Å². The highest BCUT2D eigenvalue weighted by molar-refractivity contribution is 7.99. The number of carbonyl (C=O) groups excluding carboxylic acids is 1. The lowest BCUT2D eigenvalue weighted by atomic mass is 9.93. The molecular weight excluding hydrogens is 290 g/mol. The quantitative estimate of drug-likeness (QED) is 0.674. The largest absolute Gasteiger partial charge is 0.292 e. The highest BCUT2D eigenvalue weighted by Crippen LogP contribution is 2.39. The van der Waals surface area contributed by atoms with Crippen LogP contribution in [-0.2, 0) is 6.42 Å². The molecule has 0 amide bonds. The molecule has 0 radical (unpaired) electrons. The lowest BCUT2D eigenvalue weighted by Gasteiger charge is -2.19. The fraction of sp³-hybridized carbons (Fsp3) is 0.158. The molecule has 0 saturated carbocycles. The van der Waals surface area contributed by atoms with Crippen LogP contribution in [0.4, 0.5) is 0 Å². The summed E-state index contributed by atoms with van der Waals surface area (Å²) in [6.45, 7) is 0. The first-order chi connectivity index (χ1) is 10.8. The third-order valence-corrected chi connectivity index (χ3v) is 5.18. The molecule has 0 N–H and O–H groups in total. The molecular formula is C19H15NOS. The van der Waals surface area contributed by atoms with E-state index in [1.165, 1.54) is 9.79 Å². The lowest BCUT2D eigenvalue weighted by Crippen LogP contribution is -2.14. The second kappa shape index (κ2) is 5.58. The Kier molecular flexibility index (Phi) is 3.43. The van der Waals surface area contributed by atoms with Crippen molar-refractivity contribution in [2.24, 2.45) is 0 Å². The Morgan fingerprint density at radius 2 is 1.68 bits per heavy atom. The summed E-state index contributed by atoms with van der Waals surface area (Å²) in [5.41, 5.74) is 2.72. The first kappa shape index (κ1) is 13.5. The van der Waals surface area contributed by atoms with E-state index in [9.17, 15) is 4.79 Å². The summed E-state index contributed by atoms with van der Waals surface area (Å²) < 4.78 is 0. The van der Waals surface area contributed by atoms with Gasteiger partial charge in [0.2, 0.25) is 0 Å². The predicted octanol–water partition coefficient (Wildman–Crippen LogP) is 4.91. The third kappa shape index (κ3) is 2.32. The average Bonchev–Trinajstić information content (AvgIpc) is 2.57. The molecule has 0 aliphatic heterocycles. The smallest absolute Gasteiger partial charge is 0.181 e. The molecule has 1 aromatic heterocycles. The van der Waals surface area contributed by atoms with E-state index in [4.69, 9.17) is 0 Å². The molecule has 1 aliphatic carbocycles. The maximum atomic E-state index is 12.3. The zero-order chi connectivity index (χ0) is 14.9. The molecule has 0 spiro atoms. The Balaban J connectivity index is 1.96. The van der Waals surface area contributed by atoms with Crippen molar-refractivity contribution >= 4 is 28.4 Å². The van der Waals surface area contributed by atoms with Crippen molar-refractivity contribution in [3.05, 3.63) is 65.9 Å². The zero-order valence-corrected chi connectivity index (χ0v) is 12.9. The number of benzene rings is 2. The Labute approximate surface area is 133 Å². The molecule has 108 valence electrons. The maximum absolute atomic E-state index is 12.3. The summed E-state index contributed by atoms with van der Waals surface area (Å²) in [5.74, 6) is 0.182.